The SMILES string of the molecule is CC(C)=CCCC(C)=CCc1c(O)cc(O)c(C(=O)CCc2ccc(O)cc2)c1O. The lowest BCUT2D eigenvalue weighted by Crippen LogP contribution is -2.04. The summed E-state index contributed by atoms with van der Waals surface area (Å²) in [6.07, 6.45) is 6.58. The van der Waals surface area contributed by atoms with Gasteiger partial charge >= 0.3 is 0 Å². The van der Waals surface area contributed by atoms with Gasteiger partial charge in [0.1, 0.15) is 28.6 Å². The van der Waals surface area contributed by atoms with Gasteiger partial charge in [-0.15, -0.1) is 0 Å². The molecule has 0 aromatic heterocycles. The molecule has 0 fully saturated rings. The molecule has 0 heterocycles. The third kappa shape index (κ3) is 6.41. The van der Waals surface area contributed by atoms with Crippen LogP contribution in [0.2, 0.25) is 0 Å². The molecule has 160 valence electrons. The van der Waals surface area contributed by atoms with Crippen molar-refractivity contribution in [1.29, 1.82) is 0 Å². The van der Waals surface area contributed by atoms with Crippen molar-refractivity contribution < 1.29 is 25.2 Å². The number of phenolic OH excluding ortho intramolecular Hbond substituents is 4. The number of carbonyl (C=O) groups is 1. The van der Waals surface area contributed by atoms with Gasteiger partial charge in [-0.25, -0.2) is 0 Å². The minimum absolute atomic E-state index is 0.0771. The fourth-order valence-corrected chi connectivity index (χ4v) is 3.17. The van der Waals surface area contributed by atoms with Crippen LogP contribution in [0.15, 0.2) is 53.6 Å². The summed E-state index contributed by atoms with van der Waals surface area (Å²) in [6, 6.07) is 7.62. The average molecular weight is 411 g/mol. The van der Waals surface area contributed by atoms with E-state index in [1.54, 1.807) is 24.3 Å². The maximum absolute atomic E-state index is 12.7. The van der Waals surface area contributed by atoms with Gasteiger partial charge in [0.2, 0.25) is 0 Å². The van der Waals surface area contributed by atoms with E-state index < -0.39 is 11.5 Å². The molecule has 0 aliphatic heterocycles. The standard InChI is InChI=1S/C25H30O5/c1-16(2)5-4-6-17(3)7-13-20-22(28)15-23(29)24(25(20)30)21(27)14-10-18-8-11-19(26)12-9-18/h5,7-9,11-12,15,26,28-30H,4,6,10,13-14H2,1-3H3. The van der Waals surface area contributed by atoms with E-state index in [2.05, 4.69) is 6.08 Å². The minimum Gasteiger partial charge on any atom is -0.508 e. The van der Waals surface area contributed by atoms with E-state index in [1.165, 1.54) is 5.57 Å². The van der Waals surface area contributed by atoms with Gasteiger partial charge in [0.15, 0.2) is 5.78 Å². The van der Waals surface area contributed by atoms with Crippen LogP contribution in [-0.4, -0.2) is 26.2 Å². The Balaban J connectivity index is 2.15. The van der Waals surface area contributed by atoms with Gasteiger partial charge in [-0.1, -0.05) is 35.4 Å². The number of hydrogen-bond acceptors (Lipinski definition) is 5. The van der Waals surface area contributed by atoms with Crippen molar-refractivity contribution in [3.63, 3.8) is 0 Å². The van der Waals surface area contributed by atoms with Gasteiger partial charge in [0.25, 0.3) is 0 Å². The van der Waals surface area contributed by atoms with Gasteiger partial charge in [-0.3, -0.25) is 4.79 Å². The first-order valence-electron chi connectivity index (χ1n) is 10.1. The maximum atomic E-state index is 12.7. The number of ketones is 1. The van der Waals surface area contributed by atoms with Crippen LogP contribution in [0, 0.1) is 0 Å². The van der Waals surface area contributed by atoms with Gasteiger partial charge in [0.05, 0.1) is 0 Å². The molecule has 0 unspecified atom stereocenters. The first kappa shape index (κ1) is 23.1. The first-order valence-corrected chi connectivity index (χ1v) is 10.1. The Bertz CT molecular complexity index is 948. The second-order valence-corrected chi connectivity index (χ2v) is 7.78. The van der Waals surface area contributed by atoms with Crippen LogP contribution in [0.3, 0.4) is 0 Å². The zero-order valence-electron chi connectivity index (χ0n) is 17.8. The Morgan fingerprint density at radius 3 is 2.20 bits per heavy atom. The van der Waals surface area contributed by atoms with Gasteiger partial charge < -0.3 is 20.4 Å². The molecular formula is C25H30O5. The lowest BCUT2D eigenvalue weighted by molar-refractivity contribution is 0.0977. The number of benzene rings is 2. The van der Waals surface area contributed by atoms with E-state index >= 15 is 0 Å². The zero-order chi connectivity index (χ0) is 22.3. The van der Waals surface area contributed by atoms with E-state index in [0.29, 0.717) is 6.42 Å². The summed E-state index contributed by atoms with van der Waals surface area (Å²) in [5, 5.41) is 40.3. The van der Waals surface area contributed by atoms with Crippen molar-refractivity contribution in [1.82, 2.24) is 0 Å². The Kier molecular flexibility index (Phi) is 8.10. The fraction of sp³-hybridized carbons (Fsp3) is 0.320. The summed E-state index contributed by atoms with van der Waals surface area (Å²) in [5.74, 6) is -1.32. The topological polar surface area (TPSA) is 98.0 Å². The highest BCUT2D eigenvalue weighted by atomic mass is 16.3. The third-order valence-electron chi connectivity index (χ3n) is 4.96. The van der Waals surface area contributed by atoms with E-state index in [9.17, 15) is 25.2 Å². The molecule has 0 saturated heterocycles. The van der Waals surface area contributed by atoms with Crippen molar-refractivity contribution in [2.75, 3.05) is 0 Å². The van der Waals surface area contributed by atoms with Crippen molar-refractivity contribution in [2.24, 2.45) is 0 Å². The Morgan fingerprint density at radius 2 is 1.57 bits per heavy atom. The molecular weight excluding hydrogens is 380 g/mol. The minimum atomic E-state index is -0.436. The highest BCUT2D eigenvalue weighted by molar-refractivity contribution is 6.02. The molecule has 4 N–H and O–H groups in total. The molecule has 2 aromatic carbocycles. The molecule has 0 aliphatic carbocycles. The number of hydrogen-bond donors (Lipinski definition) is 4. The van der Waals surface area contributed by atoms with Crippen molar-refractivity contribution in [3.05, 3.63) is 70.3 Å². The van der Waals surface area contributed by atoms with Crippen molar-refractivity contribution in [2.45, 2.75) is 52.9 Å². The third-order valence-corrected chi connectivity index (χ3v) is 4.96. The predicted molar refractivity (Wildman–Crippen MR) is 118 cm³/mol. The summed E-state index contributed by atoms with van der Waals surface area (Å²) in [7, 11) is 0. The highest BCUT2D eigenvalue weighted by Crippen LogP contribution is 2.39. The molecule has 0 aliphatic rings. The van der Waals surface area contributed by atoms with Crippen LogP contribution >= 0.6 is 0 Å². The fourth-order valence-electron chi connectivity index (χ4n) is 3.17. The smallest absolute Gasteiger partial charge is 0.170 e. The predicted octanol–water partition coefficient (Wildman–Crippen LogP) is 5.56. The number of phenols is 4. The molecule has 0 amide bonds. The summed E-state index contributed by atoms with van der Waals surface area (Å²) < 4.78 is 0. The zero-order valence-corrected chi connectivity index (χ0v) is 17.8. The quantitative estimate of drug-likeness (QED) is 0.320. The normalized spacial score (nSPS) is 11.4. The summed E-state index contributed by atoms with van der Waals surface area (Å²) in [5.41, 5.74) is 3.28. The summed E-state index contributed by atoms with van der Waals surface area (Å²) >= 11 is 0. The van der Waals surface area contributed by atoms with Gasteiger partial charge in [-0.2, -0.15) is 0 Å². The molecule has 0 radical (unpaired) electrons. The van der Waals surface area contributed by atoms with Crippen LogP contribution in [0.25, 0.3) is 0 Å². The van der Waals surface area contributed by atoms with Crippen LogP contribution in [-0.2, 0) is 12.8 Å². The summed E-state index contributed by atoms with van der Waals surface area (Å²) in [4.78, 5) is 12.7. The van der Waals surface area contributed by atoms with Crippen molar-refractivity contribution >= 4 is 5.78 Å². The molecule has 0 bridgehead atoms. The van der Waals surface area contributed by atoms with Gasteiger partial charge in [0, 0.05) is 18.1 Å². The highest BCUT2D eigenvalue weighted by Gasteiger charge is 2.22. The molecule has 0 spiro atoms. The second-order valence-electron chi connectivity index (χ2n) is 7.78. The number of aromatic hydroxyl groups is 4. The molecule has 5 heteroatoms. The number of rotatable bonds is 9. The summed E-state index contributed by atoms with van der Waals surface area (Å²) in [6.45, 7) is 6.08. The number of allylic oxidation sites excluding steroid dienone is 4. The van der Waals surface area contributed by atoms with E-state index in [4.69, 9.17) is 0 Å². The number of aryl methyl sites for hydroxylation is 1. The molecule has 0 saturated carbocycles. The van der Waals surface area contributed by atoms with Crippen LogP contribution in [0.4, 0.5) is 0 Å². The average Bonchev–Trinajstić information content (AvgIpc) is 2.66. The Hall–Kier alpha value is -3.21. The first-order chi connectivity index (χ1) is 14.2. The van der Waals surface area contributed by atoms with E-state index in [-0.39, 0.29) is 41.2 Å². The van der Waals surface area contributed by atoms with Crippen LogP contribution in [0.1, 0.15) is 61.5 Å². The van der Waals surface area contributed by atoms with Crippen LogP contribution in [0.5, 0.6) is 23.0 Å². The molecule has 30 heavy (non-hydrogen) atoms. The van der Waals surface area contributed by atoms with E-state index in [1.807, 2.05) is 26.8 Å². The number of carbonyl (C=O) groups excluding carboxylic acids is 1. The Morgan fingerprint density at radius 1 is 0.900 bits per heavy atom. The largest absolute Gasteiger partial charge is 0.508 e. The molecule has 2 aromatic rings. The van der Waals surface area contributed by atoms with E-state index in [0.717, 1.165) is 30.0 Å². The Labute approximate surface area is 177 Å². The lowest BCUT2D eigenvalue weighted by Gasteiger charge is -2.13. The maximum Gasteiger partial charge on any atom is 0.170 e. The monoisotopic (exact) mass is 410 g/mol. The molecule has 5 nitrogen and oxygen atoms in total. The van der Waals surface area contributed by atoms with Crippen molar-refractivity contribution in [3.8, 4) is 23.0 Å². The van der Waals surface area contributed by atoms with Crippen LogP contribution < -0.4 is 0 Å². The molecule has 2 rings (SSSR count). The van der Waals surface area contributed by atoms with Gasteiger partial charge in [-0.05, 0) is 64.2 Å². The number of Topliss-reactive ketones (excluding diaryl/α,β-unsaturated/α-hetero) is 1. The molecule has 0 atom stereocenters. The lowest BCUT2D eigenvalue weighted by atomic mass is 9.96. The second kappa shape index (κ2) is 10.5.